The Labute approximate surface area is 434 Å². The molecule has 3 saturated heterocycles. The number of halogens is 3. The molecule has 4 fully saturated rings. The van der Waals surface area contributed by atoms with E-state index in [9.17, 15) is 27.6 Å². The van der Waals surface area contributed by atoms with Gasteiger partial charge in [-0.1, -0.05) is 69.0 Å². The first-order chi connectivity index (χ1) is 35.5. The summed E-state index contributed by atoms with van der Waals surface area (Å²) in [6.45, 7) is 13.8. The second kappa shape index (κ2) is 20.9. The van der Waals surface area contributed by atoms with E-state index in [2.05, 4.69) is 81.7 Å². The Bertz CT molecular complexity index is 2930. The maximum atomic E-state index is 14.4. The number of hydrogen-bond acceptors (Lipinski definition) is 12. The first-order valence-corrected chi connectivity index (χ1v) is 26.6. The van der Waals surface area contributed by atoms with E-state index < -0.39 is 29.5 Å². The van der Waals surface area contributed by atoms with Gasteiger partial charge in [-0.05, 0) is 96.7 Å². The van der Waals surface area contributed by atoms with Crippen LogP contribution in [0.4, 0.5) is 19.0 Å². The van der Waals surface area contributed by atoms with Crippen molar-refractivity contribution in [2.75, 3.05) is 57.3 Å². The van der Waals surface area contributed by atoms with Crippen LogP contribution in [0.25, 0.3) is 10.4 Å². The third-order valence-electron chi connectivity index (χ3n) is 15.3. The topological polar surface area (TPSA) is 157 Å². The number of thiazole rings is 1. The van der Waals surface area contributed by atoms with Gasteiger partial charge in [0.15, 0.2) is 5.82 Å². The zero-order chi connectivity index (χ0) is 51.8. The van der Waals surface area contributed by atoms with Gasteiger partial charge in [0.25, 0.3) is 5.82 Å². The number of aromatic nitrogens is 5. The molecule has 3 amide bonds. The summed E-state index contributed by atoms with van der Waals surface area (Å²) in [5.41, 5.74) is 7.24. The summed E-state index contributed by atoms with van der Waals surface area (Å²) in [5.74, 6) is 6.98. The molecule has 10 rings (SSSR count). The van der Waals surface area contributed by atoms with Crippen molar-refractivity contribution < 1.29 is 27.6 Å². The van der Waals surface area contributed by atoms with Gasteiger partial charge in [0.2, 0.25) is 17.7 Å². The van der Waals surface area contributed by atoms with Crippen molar-refractivity contribution in [2.45, 2.75) is 110 Å². The number of pyridine rings is 1. The lowest BCUT2D eigenvalue weighted by Crippen LogP contribution is -2.58. The molecule has 1 saturated carbocycles. The average molecular weight is 1030 g/mol. The molecule has 1 spiro atoms. The lowest BCUT2D eigenvalue weighted by molar-refractivity contribution is -0.147. The van der Waals surface area contributed by atoms with Gasteiger partial charge in [0.1, 0.15) is 23.7 Å². The highest BCUT2D eigenvalue weighted by molar-refractivity contribution is 7.13. The Kier molecular flexibility index (Phi) is 14.4. The van der Waals surface area contributed by atoms with Crippen molar-refractivity contribution in [2.24, 2.45) is 15.9 Å². The number of likely N-dealkylation sites (tertiary alicyclic amines) is 2. The minimum atomic E-state index is -4.61. The smallest absolute Gasteiger partial charge is 0.359 e. The number of anilines is 1. The first-order valence-electron chi connectivity index (χ1n) is 25.8. The predicted octanol–water partition coefficient (Wildman–Crippen LogP) is 7.25. The van der Waals surface area contributed by atoms with E-state index in [0.29, 0.717) is 63.7 Å². The van der Waals surface area contributed by atoms with Crippen molar-refractivity contribution in [1.29, 1.82) is 0 Å². The van der Waals surface area contributed by atoms with Gasteiger partial charge < -0.3 is 25.3 Å². The number of nitrogens with one attached hydrogen (secondary N) is 2. The Balaban J connectivity index is 0.660. The first kappa shape index (κ1) is 50.9. The summed E-state index contributed by atoms with van der Waals surface area (Å²) >= 11 is 1.61. The van der Waals surface area contributed by atoms with Gasteiger partial charge in [-0.15, -0.1) is 21.5 Å². The van der Waals surface area contributed by atoms with Crippen molar-refractivity contribution in [1.82, 2.24) is 50.2 Å². The molecule has 0 radical (unpaired) electrons. The number of piperidine rings is 1. The van der Waals surface area contributed by atoms with Crippen molar-refractivity contribution in [3.05, 3.63) is 112 Å². The Morgan fingerprint density at radius 2 is 1.57 bits per heavy atom. The van der Waals surface area contributed by atoms with Crippen LogP contribution in [0.5, 0.6) is 0 Å². The SMILES string of the molecule is Cc1ncsc1-c1ccc(CNC(=O)[C@@H]2CC3(CC3)CN2C(=O)[C@@H](NC(=O)CCN2CCN(c3ccc(C#Cc4ccc(C5CCN(C6=Nn7c(nnc7C(F)(F)F)CC6)CC5)cc4)cn3)CC2)C(C)(C)C)cc1. The molecule has 15 nitrogen and oxygen atoms in total. The predicted molar refractivity (Wildman–Crippen MR) is 277 cm³/mol. The van der Waals surface area contributed by atoms with Crippen LogP contribution in [0.1, 0.15) is 111 Å². The maximum absolute atomic E-state index is 14.4. The van der Waals surface area contributed by atoms with E-state index in [0.717, 1.165) is 95.2 Å². The molecule has 74 heavy (non-hydrogen) atoms. The normalized spacial score (nSPS) is 19.4. The summed E-state index contributed by atoms with van der Waals surface area (Å²) in [4.78, 5) is 60.4. The molecule has 3 aromatic heterocycles. The highest BCUT2D eigenvalue weighted by atomic mass is 32.1. The minimum absolute atomic E-state index is 0.0205. The molecule has 0 bridgehead atoms. The number of alkyl halides is 3. The summed E-state index contributed by atoms with van der Waals surface area (Å²) in [6, 6.07) is 19.0. The second-order valence-corrected chi connectivity index (χ2v) is 22.5. The zero-order valence-corrected chi connectivity index (χ0v) is 43.2. The number of carbonyl (C=O) groups excluding carboxylic acids is 3. The van der Waals surface area contributed by atoms with E-state index in [1.807, 2.05) is 69.6 Å². The van der Waals surface area contributed by atoms with E-state index in [1.54, 1.807) is 22.4 Å². The molecular weight excluding hydrogens is 966 g/mol. The number of amidine groups is 1. The number of benzene rings is 2. The monoisotopic (exact) mass is 1030 g/mol. The van der Waals surface area contributed by atoms with Gasteiger partial charge in [-0.3, -0.25) is 19.3 Å². The molecule has 2 N–H and O–H groups in total. The number of rotatable bonds is 11. The van der Waals surface area contributed by atoms with Gasteiger partial charge >= 0.3 is 6.18 Å². The van der Waals surface area contributed by atoms with Crippen LogP contribution in [0.15, 0.2) is 77.5 Å². The third kappa shape index (κ3) is 11.5. The van der Waals surface area contributed by atoms with Crippen LogP contribution >= 0.6 is 11.3 Å². The van der Waals surface area contributed by atoms with Crippen LogP contribution < -0.4 is 15.5 Å². The van der Waals surface area contributed by atoms with Crippen molar-refractivity contribution >= 4 is 40.7 Å². The maximum Gasteiger partial charge on any atom is 0.453 e. The van der Waals surface area contributed by atoms with Crippen LogP contribution in [0, 0.1) is 29.6 Å². The number of aryl methyl sites for hydroxylation is 2. The number of nitrogens with zero attached hydrogens (tertiary/aromatic N) is 10. The fourth-order valence-electron chi connectivity index (χ4n) is 10.7. The summed E-state index contributed by atoms with van der Waals surface area (Å²) in [6.07, 6.45) is 2.72. The molecule has 2 atom stereocenters. The van der Waals surface area contributed by atoms with Crippen molar-refractivity contribution in [3.63, 3.8) is 0 Å². The summed E-state index contributed by atoms with van der Waals surface area (Å²) < 4.78 is 41.1. The Morgan fingerprint density at radius 1 is 0.851 bits per heavy atom. The van der Waals surface area contributed by atoms with Crippen LogP contribution in [0.3, 0.4) is 0 Å². The van der Waals surface area contributed by atoms with E-state index in [-0.39, 0.29) is 35.4 Å². The molecule has 5 aromatic rings. The molecule has 5 aliphatic rings. The minimum Gasteiger partial charge on any atom is -0.359 e. The highest BCUT2D eigenvalue weighted by Gasteiger charge is 2.56. The van der Waals surface area contributed by atoms with Gasteiger partial charge in [-0.2, -0.15) is 22.9 Å². The Morgan fingerprint density at radius 3 is 2.22 bits per heavy atom. The molecule has 2 aromatic carbocycles. The summed E-state index contributed by atoms with van der Waals surface area (Å²) in [7, 11) is 0. The summed E-state index contributed by atoms with van der Waals surface area (Å²) in [5, 5.41) is 17.5. The molecule has 388 valence electrons. The molecule has 1 aliphatic carbocycles. The molecule has 0 unspecified atom stereocenters. The molecule has 19 heteroatoms. The van der Waals surface area contributed by atoms with Crippen LogP contribution in [-0.4, -0.2) is 128 Å². The number of carbonyl (C=O) groups is 3. The lowest BCUT2D eigenvalue weighted by atomic mass is 9.85. The standard InChI is InChI=1S/C55H63F3N12O3S/c1-36-48(74-35-61-36)42-14-9-39(10-15-42)33-60-50(72)43-31-54(22-23-54)34-69(43)51(73)49(53(2,3)4)62-47(71)21-24-66-27-29-68(30-28-66)44-16-11-38(32-59-44)6-5-37-7-12-40(13-8-37)41-19-25-67(26-20-41)46-18-17-45-63-64-52(55(56,57)58)70(45)65-46/h7-16,32,35,41,43,49H,17-31,33-34H2,1-4H3,(H,60,72)(H,62,71)/t43-,49+/m0/s1. The van der Waals surface area contributed by atoms with Crippen LogP contribution in [0.2, 0.25) is 0 Å². The lowest BCUT2D eigenvalue weighted by Gasteiger charge is -2.36. The van der Waals surface area contributed by atoms with E-state index in [4.69, 9.17) is 4.98 Å². The van der Waals surface area contributed by atoms with E-state index >= 15 is 0 Å². The number of fused-ring (bicyclic) bond motifs is 1. The van der Waals surface area contributed by atoms with E-state index in [1.165, 1.54) is 5.56 Å². The quantitative estimate of drug-likeness (QED) is 0.129. The van der Waals surface area contributed by atoms with Gasteiger partial charge in [-0.25, -0.2) is 9.97 Å². The molecular formula is C55H63F3N12O3S. The second-order valence-electron chi connectivity index (χ2n) is 21.6. The third-order valence-corrected chi connectivity index (χ3v) is 16.3. The van der Waals surface area contributed by atoms with Gasteiger partial charge in [0, 0.05) is 95.5 Å². The number of hydrogen-bond donors (Lipinski definition) is 2. The number of amides is 3. The average Bonchev–Trinajstić information content (AvgIpc) is 3.65. The van der Waals surface area contributed by atoms with Crippen molar-refractivity contribution in [3.8, 4) is 22.3 Å². The van der Waals surface area contributed by atoms with Crippen LogP contribution in [-0.2, 0) is 33.5 Å². The van der Waals surface area contributed by atoms with Gasteiger partial charge in [0.05, 0.1) is 16.1 Å². The fourth-order valence-corrected chi connectivity index (χ4v) is 11.5. The molecule has 7 heterocycles. The zero-order valence-electron chi connectivity index (χ0n) is 42.4. The highest BCUT2D eigenvalue weighted by Crippen LogP contribution is 2.55. The Hall–Kier alpha value is -6.65. The fraction of sp³-hybridized carbons (Fsp3) is 0.491. The molecule has 4 aliphatic heterocycles. The number of piperazine rings is 1. The largest absolute Gasteiger partial charge is 0.453 e.